The van der Waals surface area contributed by atoms with Crippen molar-refractivity contribution in [3.05, 3.63) is 23.8 Å². The van der Waals surface area contributed by atoms with Crippen molar-refractivity contribution in [2.24, 2.45) is 0 Å². The number of hydrogen-bond donors (Lipinski definition) is 2. The van der Waals surface area contributed by atoms with E-state index in [2.05, 4.69) is 10.6 Å². The van der Waals surface area contributed by atoms with Gasteiger partial charge in [-0.1, -0.05) is 0 Å². The maximum atomic E-state index is 12.0. The molecule has 1 atom stereocenters. The molecule has 24 heavy (non-hydrogen) atoms. The third-order valence-corrected chi connectivity index (χ3v) is 3.80. The summed E-state index contributed by atoms with van der Waals surface area (Å²) in [5, 5.41) is 5.44. The van der Waals surface area contributed by atoms with Gasteiger partial charge < -0.3 is 20.1 Å². The van der Waals surface area contributed by atoms with Crippen molar-refractivity contribution in [3.8, 4) is 11.5 Å². The molecule has 1 heterocycles. The Morgan fingerprint density at radius 1 is 1.29 bits per heavy atom. The molecular formula is C17H22N2O5. The van der Waals surface area contributed by atoms with E-state index in [0.717, 1.165) is 12.8 Å². The minimum atomic E-state index is -0.523. The zero-order chi connectivity index (χ0) is 17.5. The Kier molecular flexibility index (Phi) is 6.17. The lowest BCUT2D eigenvalue weighted by molar-refractivity contribution is -0.129. The van der Waals surface area contributed by atoms with Crippen LogP contribution in [0.15, 0.2) is 18.2 Å². The first-order chi connectivity index (χ1) is 11.5. The van der Waals surface area contributed by atoms with Crippen LogP contribution in [0.5, 0.6) is 11.5 Å². The van der Waals surface area contributed by atoms with Crippen molar-refractivity contribution in [2.75, 3.05) is 20.3 Å². The van der Waals surface area contributed by atoms with Gasteiger partial charge in [0.25, 0.3) is 5.91 Å². The van der Waals surface area contributed by atoms with Crippen LogP contribution in [0.2, 0.25) is 0 Å². The molecule has 7 heteroatoms. The highest BCUT2D eigenvalue weighted by atomic mass is 16.5. The van der Waals surface area contributed by atoms with Gasteiger partial charge in [-0.2, -0.15) is 0 Å². The zero-order valence-electron chi connectivity index (χ0n) is 13.9. The maximum absolute atomic E-state index is 12.0. The third-order valence-electron chi connectivity index (χ3n) is 3.80. The topological polar surface area (TPSA) is 93.7 Å². The summed E-state index contributed by atoms with van der Waals surface area (Å²) in [5.74, 6) is 0.113. The van der Waals surface area contributed by atoms with Crippen LogP contribution in [0.3, 0.4) is 0 Å². The predicted molar refractivity (Wildman–Crippen MR) is 87.3 cm³/mol. The quantitative estimate of drug-likeness (QED) is 0.759. The monoisotopic (exact) mass is 334 g/mol. The Morgan fingerprint density at radius 3 is 2.79 bits per heavy atom. The lowest BCUT2D eigenvalue weighted by atomic mass is 10.1. The van der Waals surface area contributed by atoms with Crippen molar-refractivity contribution in [1.29, 1.82) is 0 Å². The van der Waals surface area contributed by atoms with Crippen LogP contribution in [0.1, 0.15) is 36.5 Å². The Bertz CT molecular complexity index is 629. The van der Waals surface area contributed by atoms with Gasteiger partial charge in [0.1, 0.15) is 6.04 Å². The van der Waals surface area contributed by atoms with E-state index in [-0.39, 0.29) is 24.2 Å². The third kappa shape index (κ3) is 4.71. The molecule has 1 saturated heterocycles. The average Bonchev–Trinajstić information content (AvgIpc) is 2.77. The maximum Gasteiger partial charge on any atom is 0.258 e. The second-order valence-corrected chi connectivity index (χ2v) is 5.62. The SMILES string of the molecule is COc1cc(C(C)=O)ccc1OCC(=O)NC1CCCCNC1=O. The van der Waals surface area contributed by atoms with E-state index in [4.69, 9.17) is 9.47 Å². The van der Waals surface area contributed by atoms with E-state index in [0.29, 0.717) is 30.0 Å². The molecular weight excluding hydrogens is 312 g/mol. The molecule has 0 spiro atoms. The van der Waals surface area contributed by atoms with Crippen LogP contribution in [0.25, 0.3) is 0 Å². The molecule has 1 fully saturated rings. The Hall–Kier alpha value is -2.57. The fourth-order valence-electron chi connectivity index (χ4n) is 2.46. The molecule has 0 radical (unpaired) electrons. The molecule has 2 N–H and O–H groups in total. The van der Waals surface area contributed by atoms with Crippen LogP contribution in [0, 0.1) is 0 Å². The molecule has 0 aromatic heterocycles. The summed E-state index contributed by atoms with van der Waals surface area (Å²) in [5.41, 5.74) is 0.499. The Labute approximate surface area is 140 Å². The van der Waals surface area contributed by atoms with Gasteiger partial charge in [0.05, 0.1) is 7.11 Å². The first-order valence-electron chi connectivity index (χ1n) is 7.90. The van der Waals surface area contributed by atoms with Gasteiger partial charge in [-0.15, -0.1) is 0 Å². The van der Waals surface area contributed by atoms with Crippen molar-refractivity contribution >= 4 is 17.6 Å². The van der Waals surface area contributed by atoms with E-state index < -0.39 is 6.04 Å². The molecule has 1 aromatic rings. The molecule has 1 aromatic carbocycles. The smallest absolute Gasteiger partial charge is 0.258 e. The number of amides is 2. The van der Waals surface area contributed by atoms with Gasteiger partial charge in [0.15, 0.2) is 23.9 Å². The minimum Gasteiger partial charge on any atom is -0.493 e. The van der Waals surface area contributed by atoms with E-state index in [1.807, 2.05) is 0 Å². The number of ether oxygens (including phenoxy) is 2. The van der Waals surface area contributed by atoms with Crippen molar-refractivity contribution in [2.45, 2.75) is 32.2 Å². The minimum absolute atomic E-state index is 0.0861. The zero-order valence-corrected chi connectivity index (χ0v) is 13.9. The van der Waals surface area contributed by atoms with Crippen LogP contribution < -0.4 is 20.1 Å². The van der Waals surface area contributed by atoms with Crippen molar-refractivity contribution < 1.29 is 23.9 Å². The fraction of sp³-hybridized carbons (Fsp3) is 0.471. The van der Waals surface area contributed by atoms with Gasteiger partial charge in [-0.05, 0) is 44.4 Å². The summed E-state index contributed by atoms with van der Waals surface area (Å²) < 4.78 is 10.6. The summed E-state index contributed by atoms with van der Waals surface area (Å²) in [7, 11) is 1.46. The van der Waals surface area contributed by atoms with Crippen LogP contribution in [-0.4, -0.2) is 43.9 Å². The van der Waals surface area contributed by atoms with Crippen LogP contribution in [-0.2, 0) is 9.59 Å². The number of Topliss-reactive ketones (excluding diaryl/α,β-unsaturated/α-hetero) is 1. The molecule has 0 aliphatic carbocycles. The molecule has 130 valence electrons. The number of hydrogen-bond acceptors (Lipinski definition) is 5. The molecule has 1 aliphatic rings. The van der Waals surface area contributed by atoms with E-state index >= 15 is 0 Å². The number of carbonyl (C=O) groups excluding carboxylic acids is 3. The van der Waals surface area contributed by atoms with Crippen LogP contribution in [0.4, 0.5) is 0 Å². The lowest BCUT2D eigenvalue weighted by Crippen LogP contribution is -2.46. The number of rotatable bonds is 6. The largest absolute Gasteiger partial charge is 0.493 e. The summed E-state index contributed by atoms with van der Waals surface area (Å²) in [6.45, 7) is 1.86. The normalized spacial score (nSPS) is 17.4. The first-order valence-corrected chi connectivity index (χ1v) is 7.90. The van der Waals surface area contributed by atoms with Crippen molar-refractivity contribution in [3.63, 3.8) is 0 Å². The number of methoxy groups -OCH3 is 1. The summed E-state index contributed by atoms with van der Waals surface area (Å²) >= 11 is 0. The van der Waals surface area contributed by atoms with Crippen LogP contribution >= 0.6 is 0 Å². The molecule has 0 bridgehead atoms. The molecule has 1 unspecified atom stereocenters. The highest BCUT2D eigenvalue weighted by Crippen LogP contribution is 2.28. The predicted octanol–water partition coefficient (Wildman–Crippen LogP) is 1.06. The molecule has 7 nitrogen and oxygen atoms in total. The van der Waals surface area contributed by atoms with Crippen molar-refractivity contribution in [1.82, 2.24) is 10.6 Å². The van der Waals surface area contributed by atoms with Gasteiger partial charge in [-0.25, -0.2) is 0 Å². The second-order valence-electron chi connectivity index (χ2n) is 5.62. The second kappa shape index (κ2) is 8.33. The fourth-order valence-corrected chi connectivity index (χ4v) is 2.46. The molecule has 0 saturated carbocycles. The van der Waals surface area contributed by atoms with Gasteiger partial charge in [-0.3, -0.25) is 14.4 Å². The molecule has 2 amide bonds. The molecule has 2 rings (SSSR count). The summed E-state index contributed by atoms with van der Waals surface area (Å²) in [6.07, 6.45) is 2.41. The first kappa shape index (κ1) is 17.8. The number of carbonyl (C=O) groups is 3. The Morgan fingerprint density at radius 2 is 2.08 bits per heavy atom. The van der Waals surface area contributed by atoms with E-state index in [9.17, 15) is 14.4 Å². The van der Waals surface area contributed by atoms with E-state index in [1.54, 1.807) is 18.2 Å². The number of ketones is 1. The number of nitrogens with one attached hydrogen (secondary N) is 2. The standard InChI is InChI=1S/C17H22N2O5/c1-11(20)12-6-7-14(15(9-12)23-2)24-10-16(21)19-13-5-3-4-8-18-17(13)22/h6-7,9,13H,3-5,8,10H2,1-2H3,(H,18,22)(H,19,21). The number of benzene rings is 1. The summed E-state index contributed by atoms with van der Waals surface area (Å²) in [6, 6.07) is 4.23. The lowest BCUT2D eigenvalue weighted by Gasteiger charge is -2.16. The summed E-state index contributed by atoms with van der Waals surface area (Å²) in [4.78, 5) is 35.2. The average molecular weight is 334 g/mol. The van der Waals surface area contributed by atoms with Gasteiger partial charge in [0, 0.05) is 12.1 Å². The van der Waals surface area contributed by atoms with Gasteiger partial charge in [0.2, 0.25) is 5.91 Å². The highest BCUT2D eigenvalue weighted by molar-refractivity contribution is 5.94. The van der Waals surface area contributed by atoms with Gasteiger partial charge >= 0.3 is 0 Å². The highest BCUT2D eigenvalue weighted by Gasteiger charge is 2.22. The van der Waals surface area contributed by atoms with E-state index in [1.165, 1.54) is 14.0 Å². The molecule has 1 aliphatic heterocycles. The Balaban J connectivity index is 1.93.